The molecule has 1 aromatic carbocycles. The number of nitrogens with zero attached hydrogens (tertiary/aromatic N) is 1. The third-order valence-electron chi connectivity index (χ3n) is 5.01. The van der Waals surface area contributed by atoms with E-state index < -0.39 is 9.84 Å². The molecule has 3 N–H and O–H groups in total. The van der Waals surface area contributed by atoms with Gasteiger partial charge in [0.25, 0.3) is 0 Å². The van der Waals surface area contributed by atoms with Gasteiger partial charge in [-0.3, -0.25) is 4.79 Å². The highest BCUT2D eigenvalue weighted by atomic mass is 32.2. The predicted molar refractivity (Wildman–Crippen MR) is 107 cm³/mol. The number of nitrogens with one attached hydrogen (secondary N) is 3. The molecule has 1 saturated carbocycles. The molecule has 2 aliphatic rings. The summed E-state index contributed by atoms with van der Waals surface area (Å²) in [4.78, 5) is 16.7. The van der Waals surface area contributed by atoms with Gasteiger partial charge in [-0.05, 0) is 43.9 Å². The maximum atomic E-state index is 12.1. The van der Waals surface area contributed by atoms with E-state index in [-0.39, 0.29) is 29.4 Å². The highest BCUT2D eigenvalue weighted by Gasteiger charge is 2.28. The molecular weight excluding hydrogens is 364 g/mol. The van der Waals surface area contributed by atoms with Crippen molar-refractivity contribution in [3.63, 3.8) is 0 Å². The van der Waals surface area contributed by atoms with Crippen LogP contribution in [0.25, 0.3) is 0 Å². The Hall–Kier alpha value is -2.09. The van der Waals surface area contributed by atoms with E-state index in [1.54, 1.807) is 0 Å². The molecule has 2 fully saturated rings. The number of amides is 1. The molecule has 1 aromatic rings. The van der Waals surface area contributed by atoms with E-state index in [0.717, 1.165) is 30.5 Å². The van der Waals surface area contributed by atoms with Crippen molar-refractivity contribution in [2.45, 2.75) is 45.2 Å². The van der Waals surface area contributed by atoms with Crippen LogP contribution in [0.1, 0.15) is 38.2 Å². The largest absolute Gasteiger partial charge is 0.357 e. The fraction of sp³-hybridized carbons (Fsp3) is 0.579. The molecule has 7 nitrogen and oxygen atoms in total. The summed E-state index contributed by atoms with van der Waals surface area (Å²) in [5, 5.41) is 9.35. The number of aliphatic imine (C=N–C) groups is 1. The van der Waals surface area contributed by atoms with E-state index in [4.69, 9.17) is 0 Å². The number of carbonyl (C=O) groups excluding carboxylic acids is 1. The molecule has 0 bridgehead atoms. The van der Waals surface area contributed by atoms with E-state index in [1.807, 2.05) is 31.2 Å². The Morgan fingerprint density at radius 1 is 1.26 bits per heavy atom. The van der Waals surface area contributed by atoms with Gasteiger partial charge >= 0.3 is 0 Å². The molecule has 1 atom stereocenters. The topological polar surface area (TPSA) is 99.7 Å². The summed E-state index contributed by atoms with van der Waals surface area (Å²) in [5.74, 6) is 1.24. The average Bonchev–Trinajstić information content (AvgIpc) is 2.90. The average molecular weight is 393 g/mol. The summed E-state index contributed by atoms with van der Waals surface area (Å²) in [7, 11) is -2.93. The molecule has 27 heavy (non-hydrogen) atoms. The Balaban J connectivity index is 1.59. The summed E-state index contributed by atoms with van der Waals surface area (Å²) in [6, 6.07) is 7.60. The number of carbonyl (C=O) groups is 1. The first kappa shape index (κ1) is 19.7. The predicted octanol–water partition coefficient (Wildman–Crippen LogP) is 1.67. The Labute approximate surface area is 160 Å². The first-order valence-corrected chi connectivity index (χ1v) is 11.4. The number of anilines is 1. The van der Waals surface area contributed by atoms with Crippen LogP contribution in [0.15, 0.2) is 29.3 Å². The lowest BCUT2D eigenvalue weighted by atomic mass is 9.85. The van der Waals surface area contributed by atoms with Crippen LogP contribution in [0, 0.1) is 5.92 Å². The third kappa shape index (κ3) is 5.69. The van der Waals surface area contributed by atoms with Crippen LogP contribution < -0.4 is 16.0 Å². The molecule has 1 aliphatic heterocycles. The molecule has 3 rings (SSSR count). The lowest BCUT2D eigenvalue weighted by molar-refractivity contribution is -0.122. The standard InChI is InChI=1S/C19H28N4O3S/c1-2-20-19(23-17-9-10-27(25,26)13-17)21-12-14-5-3-8-16(11-14)22-18(24)15-6-4-7-15/h3,5,8,11,15,17H,2,4,6-7,9-10,12-13H2,1H3,(H,22,24)(H2,20,21,23). The SMILES string of the molecule is CCNC(=NCc1cccc(NC(=O)C2CCC2)c1)NC1CCS(=O)(=O)C1. The summed E-state index contributed by atoms with van der Waals surface area (Å²) in [6.45, 7) is 3.12. The zero-order valence-electron chi connectivity index (χ0n) is 15.7. The fourth-order valence-electron chi connectivity index (χ4n) is 3.25. The molecule has 0 radical (unpaired) electrons. The second-order valence-electron chi connectivity index (χ2n) is 7.26. The van der Waals surface area contributed by atoms with Crippen LogP contribution in [0.3, 0.4) is 0 Å². The molecule has 1 amide bonds. The van der Waals surface area contributed by atoms with Crippen LogP contribution in [0.4, 0.5) is 5.69 Å². The maximum absolute atomic E-state index is 12.1. The number of guanidine groups is 1. The van der Waals surface area contributed by atoms with Crippen molar-refractivity contribution < 1.29 is 13.2 Å². The van der Waals surface area contributed by atoms with Crippen molar-refractivity contribution in [3.8, 4) is 0 Å². The number of hydrogen-bond acceptors (Lipinski definition) is 4. The van der Waals surface area contributed by atoms with Gasteiger partial charge < -0.3 is 16.0 Å². The number of sulfone groups is 1. The van der Waals surface area contributed by atoms with Gasteiger partial charge in [-0.1, -0.05) is 18.6 Å². The normalized spacial score (nSPS) is 22.1. The van der Waals surface area contributed by atoms with Crippen LogP contribution in [0.5, 0.6) is 0 Å². The smallest absolute Gasteiger partial charge is 0.227 e. The lowest BCUT2D eigenvalue weighted by Gasteiger charge is -2.24. The first-order chi connectivity index (χ1) is 12.9. The minimum atomic E-state index is -2.93. The Bertz CT molecular complexity index is 803. The molecule has 0 aromatic heterocycles. The zero-order valence-corrected chi connectivity index (χ0v) is 16.5. The van der Waals surface area contributed by atoms with Crippen molar-refractivity contribution in [2.75, 3.05) is 23.4 Å². The van der Waals surface area contributed by atoms with E-state index in [2.05, 4.69) is 20.9 Å². The van der Waals surface area contributed by atoms with Crippen LogP contribution >= 0.6 is 0 Å². The molecule has 8 heteroatoms. The van der Waals surface area contributed by atoms with Gasteiger partial charge in [0.15, 0.2) is 15.8 Å². The summed E-state index contributed by atoms with van der Waals surface area (Å²) < 4.78 is 23.2. The number of hydrogen-bond donors (Lipinski definition) is 3. The summed E-state index contributed by atoms with van der Waals surface area (Å²) in [6.07, 6.45) is 3.69. The maximum Gasteiger partial charge on any atom is 0.227 e. The van der Waals surface area contributed by atoms with E-state index >= 15 is 0 Å². The molecule has 1 aliphatic carbocycles. The molecule has 1 unspecified atom stereocenters. The molecule has 0 spiro atoms. The van der Waals surface area contributed by atoms with E-state index in [0.29, 0.717) is 25.5 Å². The Kier molecular flexibility index (Phi) is 6.36. The second-order valence-corrected chi connectivity index (χ2v) is 9.49. The Morgan fingerprint density at radius 3 is 2.70 bits per heavy atom. The van der Waals surface area contributed by atoms with Gasteiger partial charge in [-0.15, -0.1) is 0 Å². The molecule has 1 saturated heterocycles. The lowest BCUT2D eigenvalue weighted by Crippen LogP contribution is -2.44. The van der Waals surface area contributed by atoms with Crippen molar-refractivity contribution in [2.24, 2.45) is 10.9 Å². The minimum Gasteiger partial charge on any atom is -0.357 e. The Morgan fingerprint density at radius 2 is 2.07 bits per heavy atom. The molecule has 148 valence electrons. The van der Waals surface area contributed by atoms with Gasteiger partial charge in [0.2, 0.25) is 5.91 Å². The highest BCUT2D eigenvalue weighted by Crippen LogP contribution is 2.27. The monoisotopic (exact) mass is 392 g/mol. The van der Waals surface area contributed by atoms with Crippen LogP contribution in [0.2, 0.25) is 0 Å². The van der Waals surface area contributed by atoms with Gasteiger partial charge in [-0.2, -0.15) is 0 Å². The van der Waals surface area contributed by atoms with Crippen molar-refractivity contribution in [1.82, 2.24) is 10.6 Å². The molecule has 1 heterocycles. The number of rotatable bonds is 6. The van der Waals surface area contributed by atoms with Crippen molar-refractivity contribution >= 4 is 27.4 Å². The highest BCUT2D eigenvalue weighted by molar-refractivity contribution is 7.91. The van der Waals surface area contributed by atoms with Gasteiger partial charge in [-0.25, -0.2) is 13.4 Å². The van der Waals surface area contributed by atoms with Crippen molar-refractivity contribution in [3.05, 3.63) is 29.8 Å². The van der Waals surface area contributed by atoms with Crippen LogP contribution in [-0.4, -0.2) is 44.4 Å². The van der Waals surface area contributed by atoms with Crippen LogP contribution in [-0.2, 0) is 21.2 Å². The number of benzene rings is 1. The zero-order chi connectivity index (χ0) is 19.3. The van der Waals surface area contributed by atoms with Gasteiger partial charge in [0, 0.05) is 24.2 Å². The van der Waals surface area contributed by atoms with Crippen molar-refractivity contribution in [1.29, 1.82) is 0 Å². The summed E-state index contributed by atoms with van der Waals surface area (Å²) in [5.41, 5.74) is 1.78. The summed E-state index contributed by atoms with van der Waals surface area (Å²) >= 11 is 0. The third-order valence-corrected chi connectivity index (χ3v) is 6.78. The van der Waals surface area contributed by atoms with E-state index in [9.17, 15) is 13.2 Å². The van der Waals surface area contributed by atoms with Gasteiger partial charge in [0.05, 0.1) is 18.1 Å². The van der Waals surface area contributed by atoms with Gasteiger partial charge in [0.1, 0.15) is 0 Å². The van der Waals surface area contributed by atoms with E-state index in [1.165, 1.54) is 0 Å². The first-order valence-electron chi connectivity index (χ1n) is 9.60. The quantitative estimate of drug-likeness (QED) is 0.505. The second kappa shape index (κ2) is 8.73. The minimum absolute atomic E-state index is 0.0964. The molecular formula is C19H28N4O3S. The fourth-order valence-corrected chi connectivity index (χ4v) is 4.93.